The van der Waals surface area contributed by atoms with Gasteiger partial charge in [0, 0.05) is 12.2 Å². The summed E-state index contributed by atoms with van der Waals surface area (Å²) in [6.07, 6.45) is 6.13. The van der Waals surface area contributed by atoms with E-state index in [-0.39, 0.29) is 11.9 Å². The maximum absolute atomic E-state index is 12.7. The molecule has 1 unspecified atom stereocenters. The van der Waals surface area contributed by atoms with Crippen molar-refractivity contribution in [3.05, 3.63) is 42.0 Å². The van der Waals surface area contributed by atoms with Gasteiger partial charge in [-0.1, -0.05) is 30.7 Å². The summed E-state index contributed by atoms with van der Waals surface area (Å²) in [6.45, 7) is 9.80. The molecule has 1 aromatic carbocycles. The van der Waals surface area contributed by atoms with E-state index in [0.29, 0.717) is 0 Å². The van der Waals surface area contributed by atoms with Gasteiger partial charge in [-0.2, -0.15) is 0 Å². The molecule has 1 amide bonds. The van der Waals surface area contributed by atoms with Crippen molar-refractivity contribution in [3.8, 4) is 0 Å². The summed E-state index contributed by atoms with van der Waals surface area (Å²) < 4.78 is 0. The first kappa shape index (κ1) is 15.8. The van der Waals surface area contributed by atoms with Crippen LogP contribution in [0.15, 0.2) is 30.9 Å². The van der Waals surface area contributed by atoms with E-state index in [9.17, 15) is 4.79 Å². The molecule has 1 aliphatic heterocycles. The third-order valence-corrected chi connectivity index (χ3v) is 4.27. The number of likely N-dealkylation sites (tertiary alicyclic amines) is 1. The van der Waals surface area contributed by atoms with Gasteiger partial charge in [-0.05, 0) is 50.8 Å². The van der Waals surface area contributed by atoms with Crippen LogP contribution in [0.5, 0.6) is 0 Å². The number of para-hydroxylation sites is 1. The lowest BCUT2D eigenvalue weighted by Crippen LogP contribution is -2.47. The number of nitrogens with zero attached hydrogens (tertiary/aromatic N) is 1. The van der Waals surface area contributed by atoms with Crippen LogP contribution in [0.1, 0.15) is 36.8 Å². The second-order valence-corrected chi connectivity index (χ2v) is 5.88. The van der Waals surface area contributed by atoms with Gasteiger partial charge in [0.2, 0.25) is 5.91 Å². The van der Waals surface area contributed by atoms with E-state index in [4.69, 9.17) is 0 Å². The molecule has 3 heteroatoms. The topological polar surface area (TPSA) is 32.3 Å². The fourth-order valence-corrected chi connectivity index (χ4v) is 3.03. The number of amides is 1. The van der Waals surface area contributed by atoms with Gasteiger partial charge >= 0.3 is 0 Å². The number of hydrogen-bond donors (Lipinski definition) is 1. The molecule has 1 saturated heterocycles. The number of rotatable bonds is 5. The standard InChI is InChI=1S/C18H26N2O/c1-4-5-12-20-13-7-6-11-16(20)18(21)19-17-14(2)9-8-10-15(17)3/h4,8-10,16H,1,5-7,11-13H2,2-3H3,(H,19,21). The first-order chi connectivity index (χ1) is 10.1. The van der Waals surface area contributed by atoms with Gasteiger partial charge in [0.15, 0.2) is 0 Å². The molecule has 1 atom stereocenters. The maximum Gasteiger partial charge on any atom is 0.241 e. The molecule has 114 valence electrons. The minimum absolute atomic E-state index is 0.00212. The molecule has 2 rings (SSSR count). The van der Waals surface area contributed by atoms with Gasteiger partial charge in [0.05, 0.1) is 6.04 Å². The van der Waals surface area contributed by atoms with Crippen LogP contribution >= 0.6 is 0 Å². The molecule has 0 aliphatic carbocycles. The zero-order valence-electron chi connectivity index (χ0n) is 13.2. The summed E-state index contributed by atoms with van der Waals surface area (Å²) in [5.41, 5.74) is 3.21. The summed E-state index contributed by atoms with van der Waals surface area (Å²) in [4.78, 5) is 15.0. The quantitative estimate of drug-likeness (QED) is 0.838. The first-order valence-electron chi connectivity index (χ1n) is 7.85. The highest BCUT2D eigenvalue weighted by Gasteiger charge is 2.28. The van der Waals surface area contributed by atoms with E-state index in [1.165, 1.54) is 6.42 Å². The Morgan fingerprint density at radius 2 is 2.10 bits per heavy atom. The van der Waals surface area contributed by atoms with E-state index in [2.05, 4.69) is 16.8 Å². The van der Waals surface area contributed by atoms with Gasteiger partial charge in [0.1, 0.15) is 0 Å². The van der Waals surface area contributed by atoms with E-state index < -0.39 is 0 Å². The molecule has 0 saturated carbocycles. The Morgan fingerprint density at radius 3 is 2.76 bits per heavy atom. The molecule has 0 bridgehead atoms. The maximum atomic E-state index is 12.7. The number of carbonyl (C=O) groups is 1. The second kappa shape index (κ2) is 7.41. The monoisotopic (exact) mass is 286 g/mol. The van der Waals surface area contributed by atoms with Gasteiger partial charge < -0.3 is 5.32 Å². The lowest BCUT2D eigenvalue weighted by Gasteiger charge is -2.34. The predicted molar refractivity (Wildman–Crippen MR) is 88.6 cm³/mol. The van der Waals surface area contributed by atoms with Crippen LogP contribution in [0.25, 0.3) is 0 Å². The molecule has 1 fully saturated rings. The molecule has 3 nitrogen and oxygen atoms in total. The van der Waals surface area contributed by atoms with E-state index >= 15 is 0 Å². The number of hydrogen-bond acceptors (Lipinski definition) is 2. The van der Waals surface area contributed by atoms with E-state index in [1.807, 2.05) is 38.1 Å². The van der Waals surface area contributed by atoms with Crippen LogP contribution in [0, 0.1) is 13.8 Å². The Hall–Kier alpha value is -1.61. The van der Waals surface area contributed by atoms with E-state index in [0.717, 1.165) is 49.2 Å². The Morgan fingerprint density at radius 1 is 1.38 bits per heavy atom. The van der Waals surface area contributed by atoms with Crippen molar-refractivity contribution in [2.45, 2.75) is 45.6 Å². The van der Waals surface area contributed by atoms with Crippen LogP contribution in [0.4, 0.5) is 5.69 Å². The van der Waals surface area contributed by atoms with Gasteiger partial charge in [-0.15, -0.1) is 6.58 Å². The Bertz CT molecular complexity index is 490. The zero-order chi connectivity index (χ0) is 15.2. The lowest BCUT2D eigenvalue weighted by atomic mass is 10.0. The van der Waals surface area contributed by atoms with Crippen molar-refractivity contribution < 1.29 is 4.79 Å². The summed E-state index contributed by atoms with van der Waals surface area (Å²) in [5.74, 6) is 0.135. The van der Waals surface area contributed by atoms with Crippen molar-refractivity contribution in [1.29, 1.82) is 0 Å². The van der Waals surface area contributed by atoms with Crippen LogP contribution in [0.3, 0.4) is 0 Å². The average molecular weight is 286 g/mol. The number of piperidine rings is 1. The predicted octanol–water partition coefficient (Wildman–Crippen LogP) is 3.67. The molecule has 1 aromatic rings. The number of aryl methyl sites for hydroxylation is 2. The molecule has 1 aliphatic rings. The van der Waals surface area contributed by atoms with Crippen molar-refractivity contribution >= 4 is 11.6 Å². The van der Waals surface area contributed by atoms with Crippen molar-refractivity contribution in [2.75, 3.05) is 18.4 Å². The van der Waals surface area contributed by atoms with Crippen LogP contribution in [-0.2, 0) is 4.79 Å². The Balaban J connectivity index is 2.08. The number of benzene rings is 1. The molecule has 1 heterocycles. The molecular weight excluding hydrogens is 260 g/mol. The largest absolute Gasteiger partial charge is 0.324 e. The third-order valence-electron chi connectivity index (χ3n) is 4.27. The summed E-state index contributed by atoms with van der Waals surface area (Å²) in [7, 11) is 0. The summed E-state index contributed by atoms with van der Waals surface area (Å²) in [6, 6.07) is 6.10. The highest BCUT2D eigenvalue weighted by atomic mass is 16.2. The Kier molecular flexibility index (Phi) is 5.57. The molecule has 0 radical (unpaired) electrons. The molecule has 0 aromatic heterocycles. The van der Waals surface area contributed by atoms with Crippen molar-refractivity contribution in [2.24, 2.45) is 0 Å². The summed E-state index contributed by atoms with van der Waals surface area (Å²) >= 11 is 0. The minimum Gasteiger partial charge on any atom is -0.324 e. The fraction of sp³-hybridized carbons (Fsp3) is 0.500. The smallest absolute Gasteiger partial charge is 0.241 e. The van der Waals surface area contributed by atoms with Gasteiger partial charge in [0.25, 0.3) is 0 Å². The molecular formula is C18H26N2O. The van der Waals surface area contributed by atoms with E-state index in [1.54, 1.807) is 0 Å². The van der Waals surface area contributed by atoms with Gasteiger partial charge in [-0.25, -0.2) is 0 Å². The lowest BCUT2D eigenvalue weighted by molar-refractivity contribution is -0.122. The Labute approximate surface area is 128 Å². The number of anilines is 1. The SMILES string of the molecule is C=CCCN1CCCCC1C(=O)Nc1c(C)cccc1C. The molecule has 21 heavy (non-hydrogen) atoms. The number of carbonyl (C=O) groups excluding carboxylic acids is 1. The average Bonchev–Trinajstić information content (AvgIpc) is 2.49. The second-order valence-electron chi connectivity index (χ2n) is 5.88. The van der Waals surface area contributed by atoms with Crippen LogP contribution in [-0.4, -0.2) is 29.9 Å². The highest BCUT2D eigenvalue weighted by Crippen LogP contribution is 2.23. The molecule has 0 spiro atoms. The van der Waals surface area contributed by atoms with Crippen molar-refractivity contribution in [1.82, 2.24) is 4.90 Å². The first-order valence-corrected chi connectivity index (χ1v) is 7.85. The van der Waals surface area contributed by atoms with Crippen LogP contribution in [0.2, 0.25) is 0 Å². The van der Waals surface area contributed by atoms with Gasteiger partial charge in [-0.3, -0.25) is 9.69 Å². The minimum atomic E-state index is -0.00212. The summed E-state index contributed by atoms with van der Waals surface area (Å²) in [5, 5.41) is 3.15. The number of nitrogens with one attached hydrogen (secondary N) is 1. The normalized spacial score (nSPS) is 19.2. The zero-order valence-corrected chi connectivity index (χ0v) is 13.2. The third kappa shape index (κ3) is 3.94. The highest BCUT2D eigenvalue weighted by molar-refractivity contribution is 5.96. The fourth-order valence-electron chi connectivity index (χ4n) is 3.03. The van der Waals surface area contributed by atoms with Crippen molar-refractivity contribution in [3.63, 3.8) is 0 Å². The molecule has 1 N–H and O–H groups in total. The van der Waals surface area contributed by atoms with Crippen LogP contribution < -0.4 is 5.32 Å².